The van der Waals surface area contributed by atoms with Gasteiger partial charge in [-0.05, 0) is 25.0 Å². The van der Waals surface area contributed by atoms with Crippen LogP contribution in [0.5, 0.6) is 0 Å². The van der Waals surface area contributed by atoms with E-state index in [1.807, 2.05) is 6.07 Å². The van der Waals surface area contributed by atoms with Crippen molar-refractivity contribution in [2.75, 3.05) is 6.61 Å². The normalized spacial score (nSPS) is 12.8. The molecule has 0 saturated heterocycles. The molecule has 0 saturated carbocycles. The number of benzene rings is 1. The Morgan fingerprint density at radius 1 is 1.50 bits per heavy atom. The van der Waals surface area contributed by atoms with E-state index in [2.05, 4.69) is 5.32 Å². The molecular weight excluding hydrogens is 338 g/mol. The molecule has 8 nitrogen and oxygen atoms in total. The number of ether oxygens (including phenoxy) is 1. The third kappa shape index (κ3) is 4.67. The molecule has 1 aromatic carbocycles. The van der Waals surface area contributed by atoms with Crippen molar-refractivity contribution in [3.63, 3.8) is 0 Å². The fourth-order valence-electron chi connectivity index (χ4n) is 1.62. The Bertz CT molecular complexity index is 714. The zero-order valence-corrected chi connectivity index (χ0v) is 14.1. The standard InChI is InChI=1S/C15H16ClN3O5/c1-9(2)15(3,8-17)18-13(20)7-24-14(21)10-4-5-11(16)12(6-10)19(22)23/h4-6,9H,7H2,1-3H3,(H,18,20)/t15-/m1/s1. The van der Waals surface area contributed by atoms with E-state index in [9.17, 15) is 19.7 Å². The molecule has 0 unspecified atom stereocenters. The van der Waals surface area contributed by atoms with Gasteiger partial charge in [0.05, 0.1) is 16.6 Å². The molecule has 1 N–H and O–H groups in total. The van der Waals surface area contributed by atoms with Gasteiger partial charge in [-0.3, -0.25) is 14.9 Å². The summed E-state index contributed by atoms with van der Waals surface area (Å²) in [6, 6.07) is 5.41. The van der Waals surface area contributed by atoms with Gasteiger partial charge in [-0.2, -0.15) is 5.26 Å². The second kappa shape index (κ2) is 7.75. The monoisotopic (exact) mass is 353 g/mol. The van der Waals surface area contributed by atoms with E-state index >= 15 is 0 Å². The van der Waals surface area contributed by atoms with Crippen LogP contribution >= 0.6 is 11.6 Å². The predicted octanol–water partition coefficient (Wildman–Crippen LogP) is 2.46. The van der Waals surface area contributed by atoms with Crippen molar-refractivity contribution in [1.29, 1.82) is 5.26 Å². The van der Waals surface area contributed by atoms with Gasteiger partial charge < -0.3 is 10.1 Å². The highest BCUT2D eigenvalue weighted by Gasteiger charge is 2.30. The summed E-state index contributed by atoms with van der Waals surface area (Å²) in [4.78, 5) is 33.8. The molecule has 9 heteroatoms. The molecule has 24 heavy (non-hydrogen) atoms. The molecule has 0 bridgehead atoms. The minimum Gasteiger partial charge on any atom is -0.452 e. The van der Waals surface area contributed by atoms with Crippen LogP contribution in [-0.4, -0.2) is 28.9 Å². The molecule has 1 amide bonds. The highest BCUT2D eigenvalue weighted by atomic mass is 35.5. The van der Waals surface area contributed by atoms with Crippen LogP contribution in [0.1, 0.15) is 31.1 Å². The van der Waals surface area contributed by atoms with Gasteiger partial charge in [0, 0.05) is 6.07 Å². The first-order chi connectivity index (χ1) is 11.1. The molecule has 1 rings (SSSR count). The number of hydrogen-bond acceptors (Lipinski definition) is 6. The van der Waals surface area contributed by atoms with Crippen molar-refractivity contribution in [2.45, 2.75) is 26.3 Å². The Labute approximate surface area is 143 Å². The summed E-state index contributed by atoms with van der Waals surface area (Å²) >= 11 is 5.65. The fourth-order valence-corrected chi connectivity index (χ4v) is 1.81. The lowest BCUT2D eigenvalue weighted by Crippen LogP contribution is -2.50. The second-order valence-corrected chi connectivity index (χ2v) is 5.92. The summed E-state index contributed by atoms with van der Waals surface area (Å²) < 4.78 is 4.81. The smallest absolute Gasteiger partial charge is 0.338 e. The number of nitro groups is 1. The topological polar surface area (TPSA) is 122 Å². The maximum Gasteiger partial charge on any atom is 0.338 e. The first-order valence-electron chi connectivity index (χ1n) is 6.94. The fraction of sp³-hybridized carbons (Fsp3) is 0.400. The van der Waals surface area contributed by atoms with E-state index in [0.717, 1.165) is 6.07 Å². The van der Waals surface area contributed by atoms with Crippen molar-refractivity contribution in [1.82, 2.24) is 5.32 Å². The molecule has 0 aromatic heterocycles. The minimum atomic E-state index is -1.09. The Hall–Kier alpha value is -2.66. The predicted molar refractivity (Wildman–Crippen MR) is 85.4 cm³/mol. The summed E-state index contributed by atoms with van der Waals surface area (Å²) in [6.45, 7) is 4.48. The number of esters is 1. The van der Waals surface area contributed by atoms with Crippen molar-refractivity contribution in [2.24, 2.45) is 5.92 Å². The summed E-state index contributed by atoms with van der Waals surface area (Å²) in [5.74, 6) is -1.71. The van der Waals surface area contributed by atoms with Gasteiger partial charge in [0.1, 0.15) is 10.6 Å². The number of nitriles is 1. The molecule has 0 aliphatic carbocycles. The Kier molecular flexibility index (Phi) is 6.26. The van der Waals surface area contributed by atoms with Crippen LogP contribution in [0, 0.1) is 27.4 Å². The number of halogens is 1. The van der Waals surface area contributed by atoms with Crippen molar-refractivity contribution in [3.8, 4) is 6.07 Å². The van der Waals surface area contributed by atoms with E-state index < -0.39 is 34.6 Å². The Balaban J connectivity index is 2.73. The highest BCUT2D eigenvalue weighted by Crippen LogP contribution is 2.25. The van der Waals surface area contributed by atoms with E-state index in [1.165, 1.54) is 12.1 Å². The van der Waals surface area contributed by atoms with Crippen LogP contribution in [0.4, 0.5) is 5.69 Å². The first kappa shape index (κ1) is 19.4. The van der Waals surface area contributed by atoms with Gasteiger partial charge in [0.15, 0.2) is 6.61 Å². The third-order valence-electron chi connectivity index (χ3n) is 3.50. The van der Waals surface area contributed by atoms with Gasteiger partial charge >= 0.3 is 5.97 Å². The Morgan fingerprint density at radius 3 is 2.62 bits per heavy atom. The number of nitrogens with one attached hydrogen (secondary N) is 1. The molecule has 1 aromatic rings. The summed E-state index contributed by atoms with van der Waals surface area (Å²) in [5, 5.41) is 22.3. The molecule has 0 radical (unpaired) electrons. The SMILES string of the molecule is CC(C)[C@@](C)(C#N)NC(=O)COC(=O)c1ccc(Cl)c([N+](=O)[O-])c1. The third-order valence-corrected chi connectivity index (χ3v) is 3.82. The minimum absolute atomic E-state index is 0.106. The van der Waals surface area contributed by atoms with E-state index in [4.69, 9.17) is 21.6 Å². The molecule has 0 heterocycles. The van der Waals surface area contributed by atoms with Crippen molar-refractivity contribution >= 4 is 29.2 Å². The quantitative estimate of drug-likeness (QED) is 0.476. The van der Waals surface area contributed by atoms with Gasteiger partial charge in [-0.15, -0.1) is 0 Å². The number of nitro benzene ring substituents is 1. The second-order valence-electron chi connectivity index (χ2n) is 5.52. The summed E-state index contributed by atoms with van der Waals surface area (Å²) in [5.41, 5.74) is -1.64. The van der Waals surface area contributed by atoms with Crippen molar-refractivity contribution < 1.29 is 19.2 Å². The lowest BCUT2D eigenvalue weighted by atomic mass is 9.90. The maximum absolute atomic E-state index is 11.9. The van der Waals surface area contributed by atoms with Crippen LogP contribution in [0.3, 0.4) is 0 Å². The van der Waals surface area contributed by atoms with Crippen molar-refractivity contribution in [3.05, 3.63) is 38.9 Å². The van der Waals surface area contributed by atoms with Crippen LogP contribution in [0.25, 0.3) is 0 Å². The lowest BCUT2D eigenvalue weighted by Gasteiger charge is -2.27. The molecule has 0 aliphatic rings. The average Bonchev–Trinajstić information content (AvgIpc) is 2.52. The summed E-state index contributed by atoms with van der Waals surface area (Å²) in [6.07, 6.45) is 0. The van der Waals surface area contributed by atoms with Gasteiger partial charge in [0.2, 0.25) is 0 Å². The molecule has 0 aliphatic heterocycles. The maximum atomic E-state index is 11.9. The molecular formula is C15H16ClN3O5. The van der Waals surface area contributed by atoms with E-state index in [-0.39, 0.29) is 16.5 Å². The number of carbonyl (C=O) groups is 2. The van der Waals surface area contributed by atoms with Crippen LogP contribution in [0.2, 0.25) is 5.02 Å². The van der Waals surface area contributed by atoms with Gasteiger partial charge in [0.25, 0.3) is 11.6 Å². The van der Waals surface area contributed by atoms with E-state index in [1.54, 1.807) is 20.8 Å². The molecule has 0 spiro atoms. The number of rotatable bonds is 6. The first-order valence-corrected chi connectivity index (χ1v) is 7.32. The van der Waals surface area contributed by atoms with Crippen LogP contribution < -0.4 is 5.32 Å². The largest absolute Gasteiger partial charge is 0.452 e. The number of carbonyl (C=O) groups excluding carboxylic acids is 2. The zero-order valence-electron chi connectivity index (χ0n) is 13.3. The van der Waals surface area contributed by atoms with E-state index in [0.29, 0.717) is 0 Å². The lowest BCUT2D eigenvalue weighted by molar-refractivity contribution is -0.384. The van der Waals surface area contributed by atoms with Crippen LogP contribution in [0.15, 0.2) is 18.2 Å². The van der Waals surface area contributed by atoms with Crippen LogP contribution in [-0.2, 0) is 9.53 Å². The number of hydrogen-bond donors (Lipinski definition) is 1. The Morgan fingerprint density at radius 2 is 2.12 bits per heavy atom. The number of nitrogens with zero attached hydrogens (tertiary/aromatic N) is 2. The average molecular weight is 354 g/mol. The summed E-state index contributed by atoms with van der Waals surface area (Å²) in [7, 11) is 0. The molecule has 1 atom stereocenters. The molecule has 128 valence electrons. The molecule has 0 fully saturated rings. The van der Waals surface area contributed by atoms with Gasteiger partial charge in [-0.1, -0.05) is 25.4 Å². The zero-order chi connectivity index (χ0) is 18.5. The van der Waals surface area contributed by atoms with Gasteiger partial charge in [-0.25, -0.2) is 4.79 Å². The number of amides is 1. The highest BCUT2D eigenvalue weighted by molar-refractivity contribution is 6.32.